The van der Waals surface area contributed by atoms with Crippen LogP contribution in [0, 0.1) is 0 Å². The van der Waals surface area contributed by atoms with Crippen LogP contribution in [0.25, 0.3) is 0 Å². The van der Waals surface area contributed by atoms with Crippen LogP contribution in [-0.4, -0.2) is 11.1 Å². The van der Waals surface area contributed by atoms with E-state index >= 15 is 0 Å². The zero-order valence-corrected chi connectivity index (χ0v) is 6.17. The summed E-state index contributed by atoms with van der Waals surface area (Å²) >= 11 is 0. The van der Waals surface area contributed by atoms with Gasteiger partial charge in [-0.25, -0.2) is 0 Å². The van der Waals surface area contributed by atoms with Crippen molar-refractivity contribution in [1.29, 1.82) is 0 Å². The maximum absolute atomic E-state index is 3.40. The van der Waals surface area contributed by atoms with Gasteiger partial charge >= 0.3 is 0 Å². The lowest BCUT2D eigenvalue weighted by Crippen LogP contribution is -2.30. The van der Waals surface area contributed by atoms with Gasteiger partial charge in [-0.3, -0.25) is 0 Å². The average molecular weight is 136 g/mol. The molecule has 54 valence electrons. The highest BCUT2D eigenvalue weighted by Gasteiger charge is 2.12. The Balaban J connectivity index is 2.41. The topological polar surface area (TPSA) is 17.0 Å². The summed E-state index contributed by atoms with van der Waals surface area (Å²) in [6.45, 7) is 4.42. The van der Waals surface area contributed by atoms with Gasteiger partial charge in [0.2, 0.25) is 0 Å². The first kappa shape index (κ1) is 5.98. The van der Waals surface area contributed by atoms with Crippen molar-refractivity contribution >= 4 is 0 Å². The number of fused-ring (bicyclic) bond motifs is 1. The molecule has 0 aromatic carbocycles. The molecule has 1 aliphatic rings. The number of aromatic nitrogens is 1. The largest absolute Gasteiger partial charge is 0.349 e. The first-order chi connectivity index (χ1) is 4.88. The molecule has 2 heterocycles. The predicted molar refractivity (Wildman–Crippen MR) is 40.8 cm³/mol. The van der Waals surface area contributed by atoms with Gasteiger partial charge in [-0.1, -0.05) is 0 Å². The van der Waals surface area contributed by atoms with Crippen molar-refractivity contribution in [1.82, 2.24) is 9.88 Å². The molecule has 2 heteroatoms. The van der Waals surface area contributed by atoms with E-state index in [2.05, 4.69) is 35.1 Å². The second-order valence-corrected chi connectivity index (χ2v) is 2.80. The standard InChI is InChI=1S/C8H12N2/c1-7-8-3-2-5-10(8)6-4-9-7/h2-3,5,7,9H,4,6H2,1H3/t7-/m0/s1. The Kier molecular flexibility index (Phi) is 1.27. The van der Waals surface area contributed by atoms with E-state index in [-0.39, 0.29) is 0 Å². The number of nitrogens with one attached hydrogen (secondary N) is 1. The zero-order chi connectivity index (χ0) is 6.97. The molecular weight excluding hydrogens is 124 g/mol. The fraction of sp³-hybridized carbons (Fsp3) is 0.500. The Bertz CT molecular complexity index is 227. The van der Waals surface area contributed by atoms with Crippen LogP contribution >= 0.6 is 0 Å². The van der Waals surface area contributed by atoms with Crippen molar-refractivity contribution in [2.45, 2.75) is 19.5 Å². The molecule has 1 aromatic rings. The van der Waals surface area contributed by atoms with Gasteiger partial charge in [-0.05, 0) is 19.1 Å². The van der Waals surface area contributed by atoms with Crippen LogP contribution in [0.1, 0.15) is 18.7 Å². The van der Waals surface area contributed by atoms with E-state index in [0.717, 1.165) is 13.1 Å². The van der Waals surface area contributed by atoms with E-state index in [1.807, 2.05) is 0 Å². The normalized spacial score (nSPS) is 24.3. The summed E-state index contributed by atoms with van der Waals surface area (Å²) in [6.07, 6.45) is 2.15. The molecule has 0 fully saturated rings. The smallest absolute Gasteiger partial charge is 0.0446 e. The maximum Gasteiger partial charge on any atom is 0.0446 e. The van der Waals surface area contributed by atoms with E-state index in [0.29, 0.717) is 6.04 Å². The van der Waals surface area contributed by atoms with Gasteiger partial charge in [0.15, 0.2) is 0 Å². The van der Waals surface area contributed by atoms with Crippen molar-refractivity contribution in [3.05, 3.63) is 24.0 Å². The monoisotopic (exact) mass is 136 g/mol. The Hall–Kier alpha value is -0.760. The lowest BCUT2D eigenvalue weighted by atomic mass is 10.2. The van der Waals surface area contributed by atoms with Crippen molar-refractivity contribution in [3.63, 3.8) is 0 Å². The molecule has 0 bridgehead atoms. The van der Waals surface area contributed by atoms with Gasteiger partial charge in [-0.15, -0.1) is 0 Å². The lowest BCUT2D eigenvalue weighted by molar-refractivity contribution is 0.448. The van der Waals surface area contributed by atoms with E-state index in [1.165, 1.54) is 5.69 Å². The Morgan fingerprint density at radius 1 is 1.70 bits per heavy atom. The summed E-state index contributed by atoms with van der Waals surface area (Å²) in [5.41, 5.74) is 1.41. The third-order valence-electron chi connectivity index (χ3n) is 2.11. The molecule has 1 aliphatic heterocycles. The second-order valence-electron chi connectivity index (χ2n) is 2.80. The van der Waals surface area contributed by atoms with Gasteiger partial charge in [0.1, 0.15) is 0 Å². The molecule has 0 saturated carbocycles. The quantitative estimate of drug-likeness (QED) is 0.566. The van der Waals surface area contributed by atoms with Crippen molar-refractivity contribution in [2.75, 3.05) is 6.54 Å². The Morgan fingerprint density at radius 2 is 2.60 bits per heavy atom. The van der Waals surface area contributed by atoms with Crippen LogP contribution in [0.2, 0.25) is 0 Å². The number of hydrogen-bond donors (Lipinski definition) is 1. The van der Waals surface area contributed by atoms with Crippen LogP contribution in [0.3, 0.4) is 0 Å². The summed E-state index contributed by atoms with van der Waals surface area (Å²) in [5.74, 6) is 0. The first-order valence-corrected chi connectivity index (χ1v) is 3.76. The predicted octanol–water partition coefficient (Wildman–Crippen LogP) is 1.15. The van der Waals surface area contributed by atoms with Gasteiger partial charge in [-0.2, -0.15) is 0 Å². The highest BCUT2D eigenvalue weighted by atomic mass is 15.1. The van der Waals surface area contributed by atoms with Gasteiger partial charge in [0, 0.05) is 31.0 Å². The molecular formula is C8H12N2. The molecule has 10 heavy (non-hydrogen) atoms. The van der Waals surface area contributed by atoms with Crippen LogP contribution in [0.5, 0.6) is 0 Å². The second kappa shape index (κ2) is 2.13. The van der Waals surface area contributed by atoms with Crippen LogP contribution < -0.4 is 5.32 Å². The molecule has 0 aliphatic carbocycles. The van der Waals surface area contributed by atoms with E-state index in [4.69, 9.17) is 0 Å². The lowest BCUT2D eigenvalue weighted by Gasteiger charge is -2.22. The minimum absolute atomic E-state index is 0.531. The summed E-state index contributed by atoms with van der Waals surface area (Å²) in [7, 11) is 0. The number of nitrogens with zero attached hydrogens (tertiary/aromatic N) is 1. The minimum Gasteiger partial charge on any atom is -0.349 e. The van der Waals surface area contributed by atoms with Crippen molar-refractivity contribution in [3.8, 4) is 0 Å². The molecule has 1 N–H and O–H groups in total. The molecule has 2 nitrogen and oxygen atoms in total. The number of rotatable bonds is 0. The molecule has 0 saturated heterocycles. The van der Waals surface area contributed by atoms with Crippen molar-refractivity contribution < 1.29 is 0 Å². The van der Waals surface area contributed by atoms with Crippen LogP contribution in [-0.2, 0) is 6.54 Å². The molecule has 0 amide bonds. The van der Waals surface area contributed by atoms with Crippen molar-refractivity contribution in [2.24, 2.45) is 0 Å². The van der Waals surface area contributed by atoms with E-state index < -0.39 is 0 Å². The summed E-state index contributed by atoms with van der Waals surface area (Å²) in [5, 5.41) is 3.40. The summed E-state index contributed by atoms with van der Waals surface area (Å²) < 4.78 is 2.31. The maximum atomic E-state index is 3.40. The fourth-order valence-corrected chi connectivity index (χ4v) is 1.53. The Labute approximate surface area is 60.9 Å². The van der Waals surface area contributed by atoms with Crippen LogP contribution in [0.15, 0.2) is 18.3 Å². The molecule has 1 aromatic heterocycles. The van der Waals surface area contributed by atoms with E-state index in [1.54, 1.807) is 0 Å². The highest BCUT2D eigenvalue weighted by Crippen LogP contribution is 2.15. The van der Waals surface area contributed by atoms with Crippen LogP contribution in [0.4, 0.5) is 0 Å². The molecule has 2 rings (SSSR count). The highest BCUT2D eigenvalue weighted by molar-refractivity contribution is 5.12. The number of hydrogen-bond acceptors (Lipinski definition) is 1. The molecule has 0 spiro atoms. The van der Waals surface area contributed by atoms with Gasteiger partial charge in [0.05, 0.1) is 0 Å². The molecule has 1 atom stereocenters. The third kappa shape index (κ3) is 0.762. The minimum atomic E-state index is 0.531. The molecule has 0 radical (unpaired) electrons. The summed E-state index contributed by atoms with van der Waals surface area (Å²) in [4.78, 5) is 0. The average Bonchev–Trinajstić information content (AvgIpc) is 2.36. The molecule has 0 unspecified atom stereocenters. The Morgan fingerprint density at radius 3 is 3.40 bits per heavy atom. The fourth-order valence-electron chi connectivity index (χ4n) is 1.53. The SMILES string of the molecule is C[C@@H]1NCCn2cccc21. The summed E-state index contributed by atoms with van der Waals surface area (Å²) in [6, 6.07) is 4.82. The van der Waals surface area contributed by atoms with E-state index in [9.17, 15) is 0 Å². The first-order valence-electron chi connectivity index (χ1n) is 3.76. The van der Waals surface area contributed by atoms with Gasteiger partial charge in [0.25, 0.3) is 0 Å². The zero-order valence-electron chi connectivity index (χ0n) is 6.17. The van der Waals surface area contributed by atoms with Gasteiger partial charge < -0.3 is 9.88 Å². The third-order valence-corrected chi connectivity index (χ3v) is 2.11.